The lowest BCUT2D eigenvalue weighted by atomic mass is 10.1. The number of rotatable bonds is 13. The van der Waals surface area contributed by atoms with E-state index in [9.17, 15) is 14.4 Å². The molecule has 0 aliphatic heterocycles. The zero-order valence-electron chi connectivity index (χ0n) is 19.4. The normalized spacial score (nSPS) is 12.0. The highest BCUT2D eigenvalue weighted by Gasteiger charge is 2.27. The molecule has 2 N–H and O–H groups in total. The number of ether oxygens (including phenoxy) is 2. The first-order valence-electron chi connectivity index (χ1n) is 11.2. The van der Waals surface area contributed by atoms with Gasteiger partial charge in [0.25, 0.3) is 0 Å². The number of hydrogen-bond acceptors (Lipinski definition) is 5. The standard InChI is InChI=1S/C24H38N2O5/c1-5-6-7-8-9-13-16-25-22(28)20(26-23(29)31-24(2,3)4)17-21(27)30-18-19-14-11-10-12-15-19/h10-12,14-15,20H,5-9,13,16-18H2,1-4H3,(H,25,28)(H,26,29)/t20-/m0/s1. The van der Waals surface area contributed by atoms with E-state index in [2.05, 4.69) is 17.6 Å². The molecule has 7 nitrogen and oxygen atoms in total. The van der Waals surface area contributed by atoms with Crippen molar-refractivity contribution in [2.24, 2.45) is 0 Å². The van der Waals surface area contributed by atoms with Gasteiger partial charge in [-0.25, -0.2) is 4.79 Å². The van der Waals surface area contributed by atoms with E-state index in [0.29, 0.717) is 6.54 Å². The lowest BCUT2D eigenvalue weighted by Gasteiger charge is -2.23. The number of unbranched alkanes of at least 4 members (excludes halogenated alkanes) is 5. The van der Waals surface area contributed by atoms with E-state index >= 15 is 0 Å². The SMILES string of the molecule is CCCCCCCCNC(=O)[C@H](CC(=O)OCc1ccccc1)NC(=O)OC(C)(C)C. The Bertz CT molecular complexity index is 670. The molecule has 0 unspecified atom stereocenters. The van der Waals surface area contributed by atoms with Gasteiger partial charge in [-0.3, -0.25) is 9.59 Å². The molecule has 2 amide bonds. The Balaban J connectivity index is 2.55. The van der Waals surface area contributed by atoms with Crippen molar-refractivity contribution in [3.05, 3.63) is 35.9 Å². The fourth-order valence-corrected chi connectivity index (χ4v) is 2.86. The Hall–Kier alpha value is -2.57. The fraction of sp³-hybridized carbons (Fsp3) is 0.625. The molecule has 0 aliphatic carbocycles. The molecule has 7 heteroatoms. The molecule has 0 aliphatic rings. The smallest absolute Gasteiger partial charge is 0.408 e. The predicted octanol–water partition coefficient (Wildman–Crippen LogP) is 4.49. The van der Waals surface area contributed by atoms with Crippen LogP contribution in [0.2, 0.25) is 0 Å². The van der Waals surface area contributed by atoms with E-state index in [0.717, 1.165) is 24.8 Å². The summed E-state index contributed by atoms with van der Waals surface area (Å²) in [6.45, 7) is 7.97. The summed E-state index contributed by atoms with van der Waals surface area (Å²) < 4.78 is 10.5. The minimum atomic E-state index is -1.06. The largest absolute Gasteiger partial charge is 0.461 e. The summed E-state index contributed by atoms with van der Waals surface area (Å²) >= 11 is 0. The highest BCUT2D eigenvalue weighted by atomic mass is 16.6. The summed E-state index contributed by atoms with van der Waals surface area (Å²) in [6.07, 6.45) is 5.61. The van der Waals surface area contributed by atoms with Gasteiger partial charge in [0.05, 0.1) is 6.42 Å². The van der Waals surface area contributed by atoms with E-state index in [1.165, 1.54) is 19.3 Å². The Morgan fingerprint density at radius 2 is 1.61 bits per heavy atom. The van der Waals surface area contributed by atoms with Crippen LogP contribution in [0.5, 0.6) is 0 Å². The molecular formula is C24H38N2O5. The van der Waals surface area contributed by atoms with Gasteiger partial charge < -0.3 is 20.1 Å². The Morgan fingerprint density at radius 3 is 2.26 bits per heavy atom. The summed E-state index contributed by atoms with van der Waals surface area (Å²) in [7, 11) is 0. The van der Waals surface area contributed by atoms with Crippen LogP contribution >= 0.6 is 0 Å². The van der Waals surface area contributed by atoms with Crippen LogP contribution in [-0.4, -0.2) is 36.2 Å². The van der Waals surface area contributed by atoms with Crippen molar-refractivity contribution in [2.75, 3.05) is 6.54 Å². The second-order valence-corrected chi connectivity index (χ2v) is 8.61. The molecule has 174 valence electrons. The van der Waals surface area contributed by atoms with Crippen molar-refractivity contribution in [3.63, 3.8) is 0 Å². The highest BCUT2D eigenvalue weighted by Crippen LogP contribution is 2.09. The van der Waals surface area contributed by atoms with E-state index in [1.807, 2.05) is 30.3 Å². The molecule has 0 aromatic heterocycles. The molecule has 0 spiro atoms. The molecule has 31 heavy (non-hydrogen) atoms. The fourth-order valence-electron chi connectivity index (χ4n) is 2.86. The number of benzene rings is 1. The molecule has 1 aromatic carbocycles. The van der Waals surface area contributed by atoms with Gasteiger partial charge in [0.15, 0.2) is 0 Å². The van der Waals surface area contributed by atoms with Gasteiger partial charge in [-0.15, -0.1) is 0 Å². The summed E-state index contributed by atoms with van der Waals surface area (Å²) in [5.74, 6) is -0.990. The van der Waals surface area contributed by atoms with E-state index < -0.39 is 29.6 Å². The monoisotopic (exact) mass is 434 g/mol. The quantitative estimate of drug-likeness (QED) is 0.352. The molecule has 0 fully saturated rings. The van der Waals surface area contributed by atoms with Crippen LogP contribution in [0.1, 0.15) is 78.2 Å². The summed E-state index contributed by atoms with van der Waals surface area (Å²) in [5, 5.41) is 5.30. The minimum absolute atomic E-state index is 0.109. The van der Waals surface area contributed by atoms with Crippen molar-refractivity contribution in [3.8, 4) is 0 Å². The second-order valence-electron chi connectivity index (χ2n) is 8.61. The summed E-state index contributed by atoms with van der Waals surface area (Å²) in [6, 6.07) is 8.21. The van der Waals surface area contributed by atoms with Crippen molar-refractivity contribution < 1.29 is 23.9 Å². The molecule has 0 saturated carbocycles. The van der Waals surface area contributed by atoms with Crippen LogP contribution in [0.15, 0.2) is 30.3 Å². The third-order valence-electron chi connectivity index (χ3n) is 4.45. The lowest BCUT2D eigenvalue weighted by molar-refractivity contribution is -0.147. The van der Waals surface area contributed by atoms with Gasteiger partial charge in [0, 0.05) is 6.54 Å². The van der Waals surface area contributed by atoms with E-state index in [-0.39, 0.29) is 13.0 Å². The third-order valence-corrected chi connectivity index (χ3v) is 4.45. The van der Waals surface area contributed by atoms with Gasteiger partial charge >= 0.3 is 12.1 Å². The van der Waals surface area contributed by atoms with Crippen LogP contribution in [0.4, 0.5) is 4.79 Å². The number of amides is 2. The predicted molar refractivity (Wildman–Crippen MR) is 120 cm³/mol. The van der Waals surface area contributed by atoms with Crippen LogP contribution in [0.3, 0.4) is 0 Å². The van der Waals surface area contributed by atoms with Gasteiger partial charge in [-0.2, -0.15) is 0 Å². The first-order valence-corrected chi connectivity index (χ1v) is 11.2. The maximum Gasteiger partial charge on any atom is 0.408 e. The van der Waals surface area contributed by atoms with Crippen LogP contribution in [0, 0.1) is 0 Å². The Kier molecular flexibility index (Phi) is 12.3. The van der Waals surface area contributed by atoms with Gasteiger partial charge in [0.2, 0.25) is 5.91 Å². The maximum absolute atomic E-state index is 12.6. The Labute approximate surface area is 186 Å². The number of hydrogen-bond donors (Lipinski definition) is 2. The summed E-state index contributed by atoms with van der Waals surface area (Å²) in [5.41, 5.74) is 0.136. The average Bonchev–Trinajstić information content (AvgIpc) is 2.70. The minimum Gasteiger partial charge on any atom is -0.461 e. The Morgan fingerprint density at radius 1 is 0.968 bits per heavy atom. The number of alkyl carbamates (subject to hydrolysis) is 1. The molecule has 0 heterocycles. The van der Waals surface area contributed by atoms with Crippen molar-refractivity contribution in [2.45, 2.75) is 90.9 Å². The van der Waals surface area contributed by atoms with Crippen LogP contribution in [0.25, 0.3) is 0 Å². The number of esters is 1. The maximum atomic E-state index is 12.6. The first-order chi connectivity index (χ1) is 14.7. The number of carbonyl (C=O) groups excluding carboxylic acids is 3. The topological polar surface area (TPSA) is 93.7 Å². The van der Waals surface area contributed by atoms with Gasteiger partial charge in [-0.1, -0.05) is 69.4 Å². The van der Waals surface area contributed by atoms with Crippen molar-refractivity contribution in [1.82, 2.24) is 10.6 Å². The number of nitrogens with one attached hydrogen (secondary N) is 2. The third kappa shape index (κ3) is 13.4. The molecule has 1 atom stereocenters. The molecule has 1 aromatic rings. The van der Waals surface area contributed by atoms with Crippen molar-refractivity contribution >= 4 is 18.0 Å². The molecule has 0 radical (unpaired) electrons. The van der Waals surface area contributed by atoms with Crippen LogP contribution in [-0.2, 0) is 25.7 Å². The molecular weight excluding hydrogens is 396 g/mol. The average molecular weight is 435 g/mol. The number of carbonyl (C=O) groups is 3. The second kappa shape index (κ2) is 14.4. The summed E-state index contributed by atoms with van der Waals surface area (Å²) in [4.78, 5) is 37.0. The zero-order valence-corrected chi connectivity index (χ0v) is 19.4. The van der Waals surface area contributed by atoms with Crippen LogP contribution < -0.4 is 10.6 Å². The molecule has 0 bridgehead atoms. The molecule has 1 rings (SSSR count). The highest BCUT2D eigenvalue weighted by molar-refractivity contribution is 5.89. The first kappa shape index (κ1) is 26.5. The van der Waals surface area contributed by atoms with E-state index in [1.54, 1.807) is 20.8 Å². The van der Waals surface area contributed by atoms with Gasteiger partial charge in [0.1, 0.15) is 18.2 Å². The zero-order chi connectivity index (χ0) is 23.1. The lowest BCUT2D eigenvalue weighted by Crippen LogP contribution is -2.49. The van der Waals surface area contributed by atoms with Crippen molar-refractivity contribution in [1.29, 1.82) is 0 Å². The van der Waals surface area contributed by atoms with Gasteiger partial charge in [-0.05, 0) is 32.8 Å². The molecule has 0 saturated heterocycles. The van der Waals surface area contributed by atoms with E-state index in [4.69, 9.17) is 9.47 Å².